The van der Waals surface area contributed by atoms with Crippen LogP contribution >= 0.6 is 0 Å². The number of carbonyl (C=O) groups excluding carboxylic acids is 2. The molecule has 8 heteroatoms. The summed E-state index contributed by atoms with van der Waals surface area (Å²) in [5.41, 5.74) is 1.03. The Hall–Kier alpha value is -2.87. The molecule has 0 unspecified atom stereocenters. The average molecular weight is 443 g/mol. The van der Waals surface area contributed by atoms with Gasteiger partial charge in [-0.25, -0.2) is 0 Å². The highest BCUT2D eigenvalue weighted by molar-refractivity contribution is 5.93. The number of methoxy groups -OCH3 is 1. The van der Waals surface area contributed by atoms with Crippen molar-refractivity contribution in [3.63, 3.8) is 0 Å². The summed E-state index contributed by atoms with van der Waals surface area (Å²) < 4.78 is 10.7. The van der Waals surface area contributed by atoms with E-state index in [9.17, 15) is 9.59 Å². The summed E-state index contributed by atoms with van der Waals surface area (Å²) in [6.45, 7) is 11.5. The largest absolute Gasteiger partial charge is 0.497 e. The van der Waals surface area contributed by atoms with Gasteiger partial charge in [-0.2, -0.15) is 0 Å². The minimum atomic E-state index is -0.222. The second-order valence-corrected chi connectivity index (χ2v) is 8.52. The van der Waals surface area contributed by atoms with Crippen molar-refractivity contribution in [1.82, 2.24) is 19.9 Å². The topological polar surface area (TPSA) is 79.1 Å². The molecule has 2 heterocycles. The molecule has 1 aliphatic rings. The molecule has 0 N–H and O–H groups in total. The molecule has 0 aliphatic carbocycles. The van der Waals surface area contributed by atoms with Gasteiger partial charge in [0.1, 0.15) is 5.75 Å². The number of hydrogen-bond acceptors (Lipinski definition) is 6. The molecule has 2 amide bonds. The van der Waals surface area contributed by atoms with Gasteiger partial charge in [0.25, 0.3) is 5.91 Å². The van der Waals surface area contributed by atoms with Crippen molar-refractivity contribution in [3.8, 4) is 17.1 Å². The van der Waals surface area contributed by atoms with E-state index in [0.717, 1.165) is 38.3 Å². The Kier molecular flexibility index (Phi) is 8.27. The molecular formula is C24H34N4O4. The lowest BCUT2D eigenvalue weighted by Gasteiger charge is -2.34. The molecule has 0 spiro atoms. The van der Waals surface area contributed by atoms with E-state index in [4.69, 9.17) is 9.26 Å². The first kappa shape index (κ1) is 23.8. The average Bonchev–Trinajstić information content (AvgIpc) is 3.31. The van der Waals surface area contributed by atoms with Crippen molar-refractivity contribution in [2.45, 2.75) is 27.2 Å². The van der Waals surface area contributed by atoms with E-state index in [1.165, 1.54) is 0 Å². The van der Waals surface area contributed by atoms with Crippen LogP contribution in [0.4, 0.5) is 0 Å². The van der Waals surface area contributed by atoms with Crippen LogP contribution in [0.5, 0.6) is 5.75 Å². The smallest absolute Gasteiger partial charge is 0.276 e. The lowest BCUT2D eigenvalue weighted by Crippen LogP contribution is -2.49. The molecule has 32 heavy (non-hydrogen) atoms. The van der Waals surface area contributed by atoms with Gasteiger partial charge in [0, 0.05) is 57.3 Å². The number of hydrogen-bond donors (Lipinski definition) is 0. The Balaban J connectivity index is 1.64. The minimum Gasteiger partial charge on any atom is -0.497 e. The fourth-order valence-electron chi connectivity index (χ4n) is 3.87. The van der Waals surface area contributed by atoms with Crippen LogP contribution in [-0.2, 0) is 4.79 Å². The van der Waals surface area contributed by atoms with Gasteiger partial charge in [-0.1, -0.05) is 38.1 Å². The van der Waals surface area contributed by atoms with E-state index >= 15 is 0 Å². The number of carbonyl (C=O) groups is 2. The number of aromatic nitrogens is 1. The maximum absolute atomic E-state index is 13.2. The molecule has 8 nitrogen and oxygen atoms in total. The Morgan fingerprint density at radius 3 is 2.59 bits per heavy atom. The zero-order valence-corrected chi connectivity index (χ0v) is 19.5. The summed E-state index contributed by atoms with van der Waals surface area (Å²) >= 11 is 0. The predicted molar refractivity (Wildman–Crippen MR) is 123 cm³/mol. The third-order valence-corrected chi connectivity index (χ3v) is 5.72. The number of likely N-dealkylation sites (N-methyl/N-ethyl adjacent to an activating group) is 1. The maximum Gasteiger partial charge on any atom is 0.276 e. The van der Waals surface area contributed by atoms with Crippen LogP contribution in [0.1, 0.15) is 37.7 Å². The van der Waals surface area contributed by atoms with Crippen LogP contribution < -0.4 is 4.74 Å². The lowest BCUT2D eigenvalue weighted by molar-refractivity contribution is -0.133. The monoisotopic (exact) mass is 442 g/mol. The molecule has 1 fully saturated rings. The van der Waals surface area contributed by atoms with Crippen LogP contribution in [-0.4, -0.2) is 84.6 Å². The van der Waals surface area contributed by atoms with Crippen LogP contribution in [0.2, 0.25) is 0 Å². The Bertz CT molecular complexity index is 903. The maximum atomic E-state index is 13.2. The summed E-state index contributed by atoms with van der Waals surface area (Å²) in [6, 6.07) is 9.05. The van der Waals surface area contributed by atoms with Gasteiger partial charge >= 0.3 is 0 Å². The van der Waals surface area contributed by atoms with E-state index in [1.54, 1.807) is 18.1 Å². The van der Waals surface area contributed by atoms with Gasteiger partial charge in [-0.3, -0.25) is 9.59 Å². The van der Waals surface area contributed by atoms with Crippen molar-refractivity contribution < 1.29 is 18.8 Å². The molecule has 1 aromatic heterocycles. The fourth-order valence-corrected chi connectivity index (χ4v) is 3.87. The minimum absolute atomic E-state index is 0.0968. The second kappa shape index (κ2) is 11.1. The van der Waals surface area contributed by atoms with Gasteiger partial charge < -0.3 is 24.0 Å². The lowest BCUT2D eigenvalue weighted by atomic mass is 10.1. The van der Waals surface area contributed by atoms with Crippen LogP contribution in [0.3, 0.4) is 0 Å². The van der Waals surface area contributed by atoms with Gasteiger partial charge in [0.2, 0.25) is 5.91 Å². The zero-order chi connectivity index (χ0) is 23.1. The third-order valence-electron chi connectivity index (χ3n) is 5.72. The van der Waals surface area contributed by atoms with Crippen LogP contribution in [0.15, 0.2) is 34.9 Å². The van der Waals surface area contributed by atoms with Crippen molar-refractivity contribution in [3.05, 3.63) is 36.0 Å². The van der Waals surface area contributed by atoms with E-state index in [2.05, 4.69) is 30.8 Å². The van der Waals surface area contributed by atoms with Crippen LogP contribution in [0, 0.1) is 5.92 Å². The van der Waals surface area contributed by atoms with Crippen LogP contribution in [0.25, 0.3) is 11.3 Å². The summed E-state index contributed by atoms with van der Waals surface area (Å²) in [7, 11) is 1.60. The number of nitrogens with zero attached hydrogens (tertiary/aromatic N) is 4. The molecule has 1 saturated heterocycles. The van der Waals surface area contributed by atoms with Crippen molar-refractivity contribution >= 4 is 11.8 Å². The van der Waals surface area contributed by atoms with Gasteiger partial charge in [0.15, 0.2) is 11.5 Å². The van der Waals surface area contributed by atoms with Crippen molar-refractivity contribution in [2.24, 2.45) is 5.92 Å². The van der Waals surface area contributed by atoms with E-state index < -0.39 is 0 Å². The fraction of sp³-hybridized carbons (Fsp3) is 0.542. The van der Waals surface area contributed by atoms with Gasteiger partial charge in [-0.05, 0) is 24.6 Å². The highest BCUT2D eigenvalue weighted by Crippen LogP contribution is 2.25. The first-order chi connectivity index (χ1) is 15.4. The molecule has 0 saturated carbocycles. The van der Waals surface area contributed by atoms with Gasteiger partial charge in [0.05, 0.1) is 7.11 Å². The summed E-state index contributed by atoms with van der Waals surface area (Å²) in [4.78, 5) is 31.8. The van der Waals surface area contributed by atoms with E-state index in [-0.39, 0.29) is 23.4 Å². The van der Waals surface area contributed by atoms with Crippen molar-refractivity contribution in [2.75, 3.05) is 52.9 Å². The Morgan fingerprint density at radius 2 is 1.94 bits per heavy atom. The van der Waals surface area contributed by atoms with E-state index in [0.29, 0.717) is 31.0 Å². The second-order valence-electron chi connectivity index (χ2n) is 8.52. The Morgan fingerprint density at radius 1 is 1.19 bits per heavy atom. The number of rotatable bonds is 9. The Labute approximate surface area is 190 Å². The normalized spacial score (nSPS) is 14.6. The number of ether oxygens (including phenoxy) is 1. The zero-order valence-electron chi connectivity index (χ0n) is 19.5. The molecule has 1 aromatic carbocycles. The molecule has 0 bridgehead atoms. The molecule has 0 radical (unpaired) electrons. The van der Waals surface area contributed by atoms with Gasteiger partial charge in [-0.15, -0.1) is 0 Å². The molecule has 2 aromatic rings. The highest BCUT2D eigenvalue weighted by Gasteiger charge is 2.24. The third kappa shape index (κ3) is 6.09. The highest BCUT2D eigenvalue weighted by atomic mass is 16.5. The molecule has 1 aliphatic heterocycles. The SMILES string of the molecule is CCN1CCN(C(=O)CCN(CC(C)C)C(=O)c2cc(-c3cccc(OC)c3)on2)CC1. The standard InChI is InChI=1S/C24H34N4O4/c1-5-26-11-13-27(14-12-26)23(29)9-10-28(17-18(2)3)24(30)21-16-22(32-25-21)19-7-6-8-20(15-19)31-4/h6-8,15-16,18H,5,9-14,17H2,1-4H3. The van der Waals surface area contributed by atoms with E-state index in [1.807, 2.05) is 29.2 Å². The quantitative estimate of drug-likeness (QED) is 0.594. The molecule has 174 valence electrons. The summed E-state index contributed by atoms with van der Waals surface area (Å²) in [5.74, 6) is 1.35. The first-order valence-corrected chi connectivity index (χ1v) is 11.3. The summed E-state index contributed by atoms with van der Waals surface area (Å²) in [5, 5.41) is 4.00. The predicted octanol–water partition coefficient (Wildman–Crippen LogP) is 3.00. The van der Waals surface area contributed by atoms with Crippen molar-refractivity contribution in [1.29, 1.82) is 0 Å². The number of amides is 2. The number of benzene rings is 1. The molecular weight excluding hydrogens is 408 g/mol. The molecule has 0 atom stereocenters. The summed E-state index contributed by atoms with van der Waals surface area (Å²) in [6.07, 6.45) is 0.311. The number of piperazine rings is 1. The first-order valence-electron chi connectivity index (χ1n) is 11.3. The molecule has 3 rings (SSSR count).